The Morgan fingerprint density at radius 3 is 2.08 bits per heavy atom. The van der Waals surface area contributed by atoms with Crippen molar-refractivity contribution in [1.29, 1.82) is 0 Å². The molecule has 0 spiro atoms. The number of carbonyl (C=O) groups excluding carboxylic acids is 2. The van der Waals surface area contributed by atoms with Gasteiger partial charge in [0.25, 0.3) is 5.91 Å². The van der Waals surface area contributed by atoms with Gasteiger partial charge in [0.1, 0.15) is 5.25 Å². The molecule has 0 bridgehead atoms. The van der Waals surface area contributed by atoms with E-state index in [1.807, 2.05) is 68.4 Å². The molecule has 0 saturated heterocycles. The Balaban J connectivity index is 1.56. The molecule has 4 aromatic carbocycles. The van der Waals surface area contributed by atoms with Gasteiger partial charge in [0.15, 0.2) is 0 Å². The van der Waals surface area contributed by atoms with Crippen LogP contribution in [0.4, 0.5) is 11.4 Å². The van der Waals surface area contributed by atoms with Crippen molar-refractivity contribution < 1.29 is 19.5 Å². The number of carboxylic acids is 1. The second kappa shape index (κ2) is 11.6. The summed E-state index contributed by atoms with van der Waals surface area (Å²) in [5.74, 6) is -1.85. The Bertz CT molecular complexity index is 1450. The summed E-state index contributed by atoms with van der Waals surface area (Å²) in [5.41, 5.74) is 4.31. The number of aromatic carboxylic acids is 1. The van der Waals surface area contributed by atoms with Crippen LogP contribution in [0.2, 0.25) is 0 Å². The first kappa shape index (κ1) is 25.7. The minimum atomic E-state index is -1.17. The summed E-state index contributed by atoms with van der Waals surface area (Å²) in [4.78, 5) is 38.5. The molecule has 0 aromatic heterocycles. The monoisotopic (exact) mass is 510 g/mol. The quantitative estimate of drug-likeness (QED) is 0.229. The Morgan fingerprint density at radius 1 is 0.703 bits per heavy atom. The summed E-state index contributed by atoms with van der Waals surface area (Å²) in [7, 11) is 0. The van der Waals surface area contributed by atoms with Crippen molar-refractivity contribution >= 4 is 40.9 Å². The van der Waals surface area contributed by atoms with E-state index in [0.717, 1.165) is 27.3 Å². The lowest BCUT2D eigenvalue weighted by Crippen LogP contribution is -2.19. The maximum atomic E-state index is 13.4. The van der Waals surface area contributed by atoms with Crippen LogP contribution in [0, 0.1) is 13.8 Å². The smallest absolute Gasteiger partial charge is 0.336 e. The van der Waals surface area contributed by atoms with Crippen molar-refractivity contribution in [3.05, 3.63) is 125 Å². The van der Waals surface area contributed by atoms with Gasteiger partial charge in [0, 0.05) is 16.3 Å². The van der Waals surface area contributed by atoms with E-state index >= 15 is 0 Å². The molecule has 3 N–H and O–H groups in total. The van der Waals surface area contributed by atoms with Crippen LogP contribution in [0.25, 0.3) is 0 Å². The number of hydrogen-bond donors (Lipinski definition) is 3. The first-order valence-corrected chi connectivity index (χ1v) is 12.5. The van der Waals surface area contributed by atoms with E-state index in [1.54, 1.807) is 30.3 Å². The molecule has 4 aromatic rings. The summed E-state index contributed by atoms with van der Waals surface area (Å²) >= 11 is 1.36. The number of thioether (sulfide) groups is 1. The fourth-order valence-corrected chi connectivity index (χ4v) is 4.86. The molecule has 0 aliphatic heterocycles. The molecule has 0 fully saturated rings. The highest BCUT2D eigenvalue weighted by molar-refractivity contribution is 8.00. The average molecular weight is 511 g/mol. The van der Waals surface area contributed by atoms with Gasteiger partial charge in [-0.25, -0.2) is 4.79 Å². The van der Waals surface area contributed by atoms with Gasteiger partial charge in [-0.15, -0.1) is 11.8 Å². The molecule has 1 unspecified atom stereocenters. The molecule has 0 radical (unpaired) electrons. The fourth-order valence-electron chi connectivity index (χ4n) is 3.78. The number of rotatable bonds is 8. The van der Waals surface area contributed by atoms with Crippen LogP contribution in [0.15, 0.2) is 102 Å². The highest BCUT2D eigenvalue weighted by atomic mass is 32.2. The fraction of sp³-hybridized carbons (Fsp3) is 0.100. The van der Waals surface area contributed by atoms with Crippen LogP contribution in [-0.2, 0) is 4.79 Å². The topological polar surface area (TPSA) is 95.5 Å². The van der Waals surface area contributed by atoms with E-state index in [4.69, 9.17) is 0 Å². The van der Waals surface area contributed by atoms with Crippen LogP contribution in [0.1, 0.15) is 42.7 Å². The molecule has 2 amide bonds. The molecule has 186 valence electrons. The summed E-state index contributed by atoms with van der Waals surface area (Å²) < 4.78 is 0. The largest absolute Gasteiger partial charge is 0.478 e. The molecule has 0 aliphatic carbocycles. The highest BCUT2D eigenvalue weighted by Gasteiger charge is 2.23. The van der Waals surface area contributed by atoms with Gasteiger partial charge in [-0.2, -0.15) is 0 Å². The Hall–Kier alpha value is -4.36. The molecule has 0 saturated carbocycles. The molecular formula is C30H26N2O4S. The number of carboxylic acid groups (broad SMARTS) is 1. The van der Waals surface area contributed by atoms with Crippen molar-refractivity contribution in [2.24, 2.45) is 0 Å². The minimum absolute atomic E-state index is 0.0716. The van der Waals surface area contributed by atoms with Crippen molar-refractivity contribution in [2.45, 2.75) is 24.0 Å². The second-order valence-electron chi connectivity index (χ2n) is 8.53. The summed E-state index contributed by atoms with van der Waals surface area (Å²) in [6.45, 7) is 4.03. The van der Waals surface area contributed by atoms with Gasteiger partial charge in [0.05, 0.1) is 11.1 Å². The number of amides is 2. The van der Waals surface area contributed by atoms with Gasteiger partial charge >= 0.3 is 5.97 Å². The normalized spacial score (nSPS) is 11.4. The SMILES string of the molecule is Cc1ccc(NC(=O)C(Sc2cccc(NC(=O)c3ccccc3C(=O)O)c2)c2ccccc2)cc1C. The molecular weight excluding hydrogens is 484 g/mol. The van der Waals surface area contributed by atoms with E-state index < -0.39 is 17.1 Å². The van der Waals surface area contributed by atoms with E-state index in [-0.39, 0.29) is 17.0 Å². The third kappa shape index (κ3) is 6.45. The first-order chi connectivity index (χ1) is 17.8. The predicted octanol–water partition coefficient (Wildman–Crippen LogP) is 6.73. The zero-order valence-corrected chi connectivity index (χ0v) is 21.2. The molecule has 6 nitrogen and oxygen atoms in total. The van der Waals surface area contributed by atoms with Gasteiger partial charge in [-0.1, -0.05) is 54.6 Å². The molecule has 0 aliphatic rings. The third-order valence-corrected chi connectivity index (χ3v) is 7.11. The van der Waals surface area contributed by atoms with Gasteiger partial charge in [0.2, 0.25) is 5.91 Å². The lowest BCUT2D eigenvalue weighted by molar-refractivity contribution is -0.115. The number of benzene rings is 4. The minimum Gasteiger partial charge on any atom is -0.478 e. The summed E-state index contributed by atoms with van der Waals surface area (Å²) in [6.07, 6.45) is 0. The van der Waals surface area contributed by atoms with Crippen LogP contribution in [0.5, 0.6) is 0 Å². The van der Waals surface area contributed by atoms with E-state index in [9.17, 15) is 19.5 Å². The lowest BCUT2D eigenvalue weighted by Gasteiger charge is -2.18. The standard InChI is InChI=1S/C30H26N2O4S/c1-19-15-16-23(17-20(19)2)32-29(34)27(21-9-4-3-5-10-21)37-24-12-8-11-22(18-24)31-28(33)25-13-6-7-14-26(25)30(35)36/h3-18,27H,1-2H3,(H,31,33)(H,32,34)(H,35,36). The molecule has 1 atom stereocenters. The van der Waals surface area contributed by atoms with Crippen LogP contribution < -0.4 is 10.6 Å². The van der Waals surface area contributed by atoms with Crippen LogP contribution in [0.3, 0.4) is 0 Å². The second-order valence-corrected chi connectivity index (χ2v) is 9.71. The zero-order chi connectivity index (χ0) is 26.4. The maximum Gasteiger partial charge on any atom is 0.336 e. The first-order valence-electron chi connectivity index (χ1n) is 11.7. The van der Waals surface area contributed by atoms with Crippen LogP contribution in [-0.4, -0.2) is 22.9 Å². The summed E-state index contributed by atoms with van der Waals surface area (Å²) in [6, 6.07) is 28.5. The van der Waals surface area contributed by atoms with Crippen LogP contribution >= 0.6 is 11.8 Å². The molecule has 7 heteroatoms. The molecule has 0 heterocycles. The number of nitrogens with one attached hydrogen (secondary N) is 2. The predicted molar refractivity (Wildman–Crippen MR) is 147 cm³/mol. The molecule has 4 rings (SSSR count). The number of carbonyl (C=O) groups is 3. The van der Waals surface area contributed by atoms with E-state index in [2.05, 4.69) is 10.6 Å². The maximum absolute atomic E-state index is 13.4. The lowest BCUT2D eigenvalue weighted by atomic mass is 10.1. The van der Waals surface area contributed by atoms with Crippen molar-refractivity contribution in [1.82, 2.24) is 0 Å². The summed E-state index contributed by atoms with van der Waals surface area (Å²) in [5, 5.41) is 14.7. The van der Waals surface area contributed by atoms with Crippen molar-refractivity contribution in [3.8, 4) is 0 Å². The Morgan fingerprint density at radius 2 is 1.38 bits per heavy atom. The van der Waals surface area contributed by atoms with E-state index in [0.29, 0.717) is 5.69 Å². The highest BCUT2D eigenvalue weighted by Crippen LogP contribution is 2.37. The average Bonchev–Trinajstić information content (AvgIpc) is 2.90. The zero-order valence-electron chi connectivity index (χ0n) is 20.4. The number of hydrogen-bond acceptors (Lipinski definition) is 4. The van der Waals surface area contributed by atoms with E-state index in [1.165, 1.54) is 23.9 Å². The van der Waals surface area contributed by atoms with Gasteiger partial charge < -0.3 is 15.7 Å². The van der Waals surface area contributed by atoms with Crippen molar-refractivity contribution in [3.63, 3.8) is 0 Å². The van der Waals surface area contributed by atoms with Gasteiger partial charge in [-0.3, -0.25) is 9.59 Å². The number of aryl methyl sites for hydroxylation is 2. The van der Waals surface area contributed by atoms with Crippen molar-refractivity contribution in [2.75, 3.05) is 10.6 Å². The number of anilines is 2. The third-order valence-electron chi connectivity index (χ3n) is 5.86. The Kier molecular flexibility index (Phi) is 8.05. The Labute approximate surface area is 219 Å². The molecule has 37 heavy (non-hydrogen) atoms. The van der Waals surface area contributed by atoms with Gasteiger partial charge in [-0.05, 0) is 73.0 Å².